The number of carbonyl (C=O) groups is 1. The van der Waals surface area contributed by atoms with E-state index in [4.69, 9.17) is 4.74 Å². The highest BCUT2D eigenvalue weighted by Gasteiger charge is 2.41. The second-order valence-corrected chi connectivity index (χ2v) is 15.0. The number of nitrogens with zero attached hydrogens (tertiary/aromatic N) is 7. The van der Waals surface area contributed by atoms with Crippen LogP contribution in [0.15, 0.2) is 109 Å². The van der Waals surface area contributed by atoms with Gasteiger partial charge in [0.2, 0.25) is 11.8 Å². The Morgan fingerprint density at radius 1 is 0.942 bits per heavy atom. The summed E-state index contributed by atoms with van der Waals surface area (Å²) in [4.78, 5) is 46.8. The quantitative estimate of drug-likeness (QED) is 0.212. The Kier molecular flexibility index (Phi) is 9.43. The predicted octanol–water partition coefficient (Wildman–Crippen LogP) is 5.37. The molecule has 2 aliphatic heterocycles. The lowest BCUT2D eigenvalue weighted by atomic mass is 9.79. The van der Waals surface area contributed by atoms with Gasteiger partial charge in [0.15, 0.2) is 5.65 Å². The third kappa shape index (κ3) is 6.89. The second kappa shape index (κ2) is 14.5. The van der Waals surface area contributed by atoms with Crippen molar-refractivity contribution in [2.45, 2.75) is 43.9 Å². The van der Waals surface area contributed by atoms with Gasteiger partial charge >= 0.3 is 0 Å². The van der Waals surface area contributed by atoms with Crippen LogP contribution in [-0.2, 0) is 17.9 Å². The molecule has 2 aliphatic rings. The van der Waals surface area contributed by atoms with Crippen molar-refractivity contribution in [3.05, 3.63) is 125 Å². The molecule has 0 aliphatic carbocycles. The first-order valence-electron chi connectivity index (χ1n) is 17.7. The number of para-hydroxylation sites is 1. The van der Waals surface area contributed by atoms with Gasteiger partial charge in [-0.1, -0.05) is 48.5 Å². The van der Waals surface area contributed by atoms with E-state index in [0.717, 1.165) is 47.9 Å². The van der Waals surface area contributed by atoms with Crippen molar-refractivity contribution in [2.24, 2.45) is 5.92 Å². The van der Waals surface area contributed by atoms with Gasteiger partial charge in [-0.05, 0) is 55.6 Å². The van der Waals surface area contributed by atoms with E-state index < -0.39 is 5.60 Å². The summed E-state index contributed by atoms with van der Waals surface area (Å²) in [7, 11) is 1.60. The molecule has 0 radical (unpaired) electrons. The summed E-state index contributed by atoms with van der Waals surface area (Å²) in [6.07, 6.45) is 8.63. The number of aromatic nitrogens is 5. The normalized spacial score (nSPS) is 19.2. The minimum Gasteiger partial charge on any atom is -0.481 e. The van der Waals surface area contributed by atoms with E-state index in [1.165, 1.54) is 15.8 Å². The number of rotatable bonds is 9. The molecule has 11 nitrogen and oxygen atoms in total. The minimum absolute atomic E-state index is 0.0426. The zero-order valence-electron chi connectivity index (χ0n) is 29.0. The smallest absolute Gasteiger partial charge is 0.262 e. The molecule has 52 heavy (non-hydrogen) atoms. The Bertz CT molecular complexity index is 2210. The fourth-order valence-corrected chi connectivity index (χ4v) is 8.62. The highest BCUT2D eigenvalue weighted by molar-refractivity contribution is 7.15. The van der Waals surface area contributed by atoms with Crippen molar-refractivity contribution < 1.29 is 14.6 Å². The summed E-state index contributed by atoms with van der Waals surface area (Å²) >= 11 is 1.66. The van der Waals surface area contributed by atoms with Crippen LogP contribution in [0.2, 0.25) is 0 Å². The SMILES string of the molecule is COc1ccc(-c2ncc(CN3CC[C@@H](C(=O)N4CCC(O)(Cn5cnc6c(ccn6-c6ccccc6)c5=O)CC4)[C@H](c4ccccc4)C3)s2)cn1. The zero-order valence-corrected chi connectivity index (χ0v) is 29.9. The van der Waals surface area contributed by atoms with Crippen molar-refractivity contribution in [1.29, 1.82) is 0 Å². The number of carbonyl (C=O) groups excluding carboxylic acids is 1. The van der Waals surface area contributed by atoms with Crippen LogP contribution in [0.25, 0.3) is 27.3 Å². The van der Waals surface area contributed by atoms with Gasteiger partial charge in [0, 0.05) is 78.8 Å². The third-order valence-corrected chi connectivity index (χ3v) is 11.6. The predicted molar refractivity (Wildman–Crippen MR) is 201 cm³/mol. The Hall–Kier alpha value is -5.17. The molecule has 0 bridgehead atoms. The molecule has 0 spiro atoms. The lowest BCUT2D eigenvalue weighted by Gasteiger charge is -2.43. The molecule has 2 atom stereocenters. The average molecular weight is 716 g/mol. The Morgan fingerprint density at radius 3 is 2.44 bits per heavy atom. The van der Waals surface area contributed by atoms with Crippen LogP contribution in [0.4, 0.5) is 0 Å². The molecule has 6 aromatic rings. The van der Waals surface area contributed by atoms with E-state index in [9.17, 15) is 14.7 Å². The number of pyridine rings is 1. The molecule has 1 amide bonds. The summed E-state index contributed by atoms with van der Waals surface area (Å²) in [6, 6.07) is 25.7. The number of likely N-dealkylation sites (tertiary alicyclic amines) is 2. The second-order valence-electron chi connectivity index (χ2n) is 13.9. The first-order chi connectivity index (χ1) is 25.4. The maximum Gasteiger partial charge on any atom is 0.262 e. The van der Waals surface area contributed by atoms with Gasteiger partial charge in [-0.2, -0.15) is 0 Å². The van der Waals surface area contributed by atoms with E-state index in [2.05, 4.69) is 32.0 Å². The molecular weight excluding hydrogens is 675 g/mol. The maximum atomic E-state index is 14.2. The number of aliphatic hydroxyl groups is 1. The first kappa shape index (κ1) is 33.9. The van der Waals surface area contributed by atoms with Crippen molar-refractivity contribution in [2.75, 3.05) is 33.3 Å². The summed E-state index contributed by atoms with van der Waals surface area (Å²) in [6.45, 7) is 3.34. The maximum absolute atomic E-state index is 14.2. The van der Waals surface area contributed by atoms with Crippen molar-refractivity contribution in [3.63, 3.8) is 0 Å². The Morgan fingerprint density at radius 2 is 1.71 bits per heavy atom. The number of methoxy groups -OCH3 is 1. The van der Waals surface area contributed by atoms with Crippen LogP contribution in [0.5, 0.6) is 5.88 Å². The van der Waals surface area contributed by atoms with Crippen molar-refractivity contribution in [1.82, 2.24) is 33.9 Å². The van der Waals surface area contributed by atoms with Crippen molar-refractivity contribution in [3.8, 4) is 22.1 Å². The number of thiazole rings is 1. The van der Waals surface area contributed by atoms with Crippen LogP contribution in [0.3, 0.4) is 0 Å². The monoisotopic (exact) mass is 715 g/mol. The van der Waals surface area contributed by atoms with E-state index in [1.54, 1.807) is 30.7 Å². The van der Waals surface area contributed by atoms with E-state index >= 15 is 0 Å². The highest BCUT2D eigenvalue weighted by atomic mass is 32.1. The van der Waals surface area contributed by atoms with Gasteiger partial charge in [-0.15, -0.1) is 11.3 Å². The summed E-state index contributed by atoms with van der Waals surface area (Å²) in [5.74, 6) is 0.602. The number of fused-ring (bicyclic) bond motifs is 1. The number of ether oxygens (including phenoxy) is 1. The molecule has 2 fully saturated rings. The number of hydrogen-bond acceptors (Lipinski definition) is 9. The lowest BCUT2D eigenvalue weighted by Crippen LogP contribution is -2.53. The average Bonchev–Trinajstić information content (AvgIpc) is 3.85. The molecule has 0 unspecified atom stereocenters. The fourth-order valence-electron chi connectivity index (χ4n) is 7.68. The summed E-state index contributed by atoms with van der Waals surface area (Å²) < 4.78 is 8.60. The van der Waals surface area contributed by atoms with Gasteiger partial charge < -0.3 is 19.3 Å². The van der Waals surface area contributed by atoms with Crippen LogP contribution < -0.4 is 10.3 Å². The van der Waals surface area contributed by atoms with Gasteiger partial charge in [0.05, 0.1) is 24.6 Å². The number of amides is 1. The lowest BCUT2D eigenvalue weighted by molar-refractivity contribution is -0.142. The van der Waals surface area contributed by atoms with Gasteiger partial charge in [-0.3, -0.25) is 19.1 Å². The van der Waals surface area contributed by atoms with Crippen LogP contribution in [-0.4, -0.2) is 83.8 Å². The first-order valence-corrected chi connectivity index (χ1v) is 18.5. The fraction of sp³-hybridized carbons (Fsp3) is 0.325. The minimum atomic E-state index is -1.12. The van der Waals surface area contributed by atoms with E-state index in [1.807, 2.05) is 82.5 Å². The molecule has 2 saturated heterocycles. The van der Waals surface area contributed by atoms with Gasteiger partial charge in [0.1, 0.15) is 11.3 Å². The molecule has 266 valence electrons. The summed E-state index contributed by atoms with van der Waals surface area (Å²) in [5.41, 5.74) is 2.33. The van der Waals surface area contributed by atoms with E-state index in [0.29, 0.717) is 42.8 Å². The Balaban J connectivity index is 0.924. The molecule has 8 rings (SSSR count). The topological polar surface area (TPSA) is 119 Å². The molecule has 4 aromatic heterocycles. The van der Waals surface area contributed by atoms with Crippen LogP contribution in [0, 0.1) is 5.92 Å². The van der Waals surface area contributed by atoms with Crippen molar-refractivity contribution >= 4 is 28.3 Å². The molecule has 12 heteroatoms. The molecule has 2 aromatic carbocycles. The zero-order chi connectivity index (χ0) is 35.7. The highest BCUT2D eigenvalue weighted by Crippen LogP contribution is 2.37. The number of hydrogen-bond donors (Lipinski definition) is 1. The molecule has 0 saturated carbocycles. The van der Waals surface area contributed by atoms with Gasteiger partial charge in [-0.25, -0.2) is 15.0 Å². The van der Waals surface area contributed by atoms with Gasteiger partial charge in [0.25, 0.3) is 5.56 Å². The number of benzene rings is 2. The molecule has 1 N–H and O–H groups in total. The third-order valence-electron chi connectivity index (χ3n) is 10.5. The molecular formula is C40H41N7O4S. The summed E-state index contributed by atoms with van der Waals surface area (Å²) in [5, 5.41) is 13.1. The largest absolute Gasteiger partial charge is 0.481 e. The standard InChI is InChI=1S/C40H41N7O4S/c1-51-35-13-12-29(22-41-35)37-42-23-31(52-37)24-44-18-14-32(34(25-44)28-8-4-2-5-9-28)38(48)45-20-16-40(50,17-21-45)26-46-27-43-36-33(39(46)49)15-19-47(36)30-10-6-3-7-11-30/h2-13,15,19,22-23,27,32,34,50H,14,16-18,20-21,24-26H2,1H3/t32-,34+/m1/s1. The van der Waals surface area contributed by atoms with E-state index in [-0.39, 0.29) is 29.8 Å². The molecule has 6 heterocycles. The van der Waals surface area contributed by atoms with Crippen LogP contribution >= 0.6 is 11.3 Å². The van der Waals surface area contributed by atoms with Crippen LogP contribution in [0.1, 0.15) is 35.6 Å². The Labute approximate surface area is 305 Å². The number of piperidine rings is 2.